The van der Waals surface area contributed by atoms with Gasteiger partial charge in [0.2, 0.25) is 10.0 Å². The lowest BCUT2D eigenvalue weighted by molar-refractivity contribution is -0.119. The van der Waals surface area contributed by atoms with Crippen LogP contribution in [0.4, 0.5) is 5.69 Å². The van der Waals surface area contributed by atoms with E-state index in [1.807, 2.05) is 39.0 Å². The Kier molecular flexibility index (Phi) is 8.04. The second-order valence-electron chi connectivity index (χ2n) is 7.08. The fourth-order valence-corrected chi connectivity index (χ4v) is 4.04. The summed E-state index contributed by atoms with van der Waals surface area (Å²) < 4.78 is 36.3. The molecule has 0 aliphatic carbocycles. The Morgan fingerprint density at radius 1 is 1.06 bits per heavy atom. The number of carbonyl (C=O) groups is 1. The van der Waals surface area contributed by atoms with Crippen LogP contribution >= 0.6 is 0 Å². The maximum Gasteiger partial charge on any atom is 0.260 e. The quantitative estimate of drug-likeness (QED) is 0.471. The first-order valence-corrected chi connectivity index (χ1v) is 11.6. The molecule has 0 spiro atoms. The third-order valence-electron chi connectivity index (χ3n) is 4.68. The van der Waals surface area contributed by atoms with Crippen molar-refractivity contribution in [1.82, 2.24) is 5.43 Å². The zero-order valence-electron chi connectivity index (χ0n) is 18.7. The molecule has 2 aromatic carbocycles. The first-order valence-electron chi connectivity index (χ1n) is 9.73. The molecule has 31 heavy (non-hydrogen) atoms. The largest absolute Gasteiger partial charge is 0.493 e. The minimum atomic E-state index is -3.67. The SMILES string of the molecule is CC/C(=N/NC(=O)CN(c1ccc(C)cc1C)S(C)(=O)=O)c1ccc(OC)c(OC)c1. The monoisotopic (exact) mass is 447 g/mol. The summed E-state index contributed by atoms with van der Waals surface area (Å²) in [5.41, 5.74) is 6.08. The highest BCUT2D eigenvalue weighted by Gasteiger charge is 2.22. The summed E-state index contributed by atoms with van der Waals surface area (Å²) in [6, 6.07) is 10.7. The Bertz CT molecular complexity index is 1080. The lowest BCUT2D eigenvalue weighted by atomic mass is 10.1. The average Bonchev–Trinajstić information content (AvgIpc) is 2.72. The number of methoxy groups -OCH3 is 2. The van der Waals surface area contributed by atoms with Gasteiger partial charge in [-0.25, -0.2) is 13.8 Å². The molecule has 0 saturated carbocycles. The van der Waals surface area contributed by atoms with Crippen molar-refractivity contribution in [3.05, 3.63) is 53.1 Å². The number of benzene rings is 2. The maximum atomic E-state index is 12.6. The number of nitrogens with zero attached hydrogens (tertiary/aromatic N) is 2. The zero-order chi connectivity index (χ0) is 23.2. The molecule has 1 N–H and O–H groups in total. The Balaban J connectivity index is 2.24. The fraction of sp³-hybridized carbons (Fsp3) is 0.364. The summed E-state index contributed by atoms with van der Waals surface area (Å²) in [5.74, 6) is 0.588. The van der Waals surface area contributed by atoms with Crippen LogP contribution in [0.2, 0.25) is 0 Å². The number of anilines is 1. The number of nitrogens with one attached hydrogen (secondary N) is 1. The van der Waals surface area contributed by atoms with E-state index in [-0.39, 0.29) is 6.54 Å². The summed E-state index contributed by atoms with van der Waals surface area (Å²) in [6.07, 6.45) is 1.62. The van der Waals surface area contributed by atoms with Crippen molar-refractivity contribution in [3.63, 3.8) is 0 Å². The van der Waals surface area contributed by atoms with Crippen LogP contribution in [0.15, 0.2) is 41.5 Å². The summed E-state index contributed by atoms with van der Waals surface area (Å²) in [5, 5.41) is 4.21. The minimum Gasteiger partial charge on any atom is -0.493 e. The van der Waals surface area contributed by atoms with Crippen LogP contribution in [-0.2, 0) is 14.8 Å². The molecule has 168 valence electrons. The van der Waals surface area contributed by atoms with Crippen molar-refractivity contribution in [1.29, 1.82) is 0 Å². The van der Waals surface area contributed by atoms with Gasteiger partial charge < -0.3 is 9.47 Å². The lowest BCUT2D eigenvalue weighted by Crippen LogP contribution is -2.39. The number of hydrogen-bond acceptors (Lipinski definition) is 6. The van der Waals surface area contributed by atoms with E-state index in [1.165, 1.54) is 0 Å². The molecule has 0 radical (unpaired) electrons. The van der Waals surface area contributed by atoms with E-state index in [2.05, 4.69) is 10.5 Å². The fourth-order valence-electron chi connectivity index (χ4n) is 3.13. The van der Waals surface area contributed by atoms with Gasteiger partial charge in [0.1, 0.15) is 6.54 Å². The van der Waals surface area contributed by atoms with Crippen molar-refractivity contribution in [2.24, 2.45) is 5.10 Å². The van der Waals surface area contributed by atoms with Crippen molar-refractivity contribution in [2.75, 3.05) is 31.3 Å². The van der Waals surface area contributed by atoms with Gasteiger partial charge >= 0.3 is 0 Å². The number of hydrazone groups is 1. The van der Waals surface area contributed by atoms with Gasteiger partial charge in [-0.1, -0.05) is 24.6 Å². The average molecular weight is 448 g/mol. The van der Waals surface area contributed by atoms with Crippen LogP contribution in [0.25, 0.3) is 0 Å². The number of hydrogen-bond donors (Lipinski definition) is 1. The summed E-state index contributed by atoms with van der Waals surface area (Å²) >= 11 is 0. The topological polar surface area (TPSA) is 97.3 Å². The Labute approximate surface area is 183 Å². The third-order valence-corrected chi connectivity index (χ3v) is 5.80. The van der Waals surface area contributed by atoms with E-state index in [0.717, 1.165) is 27.3 Å². The highest BCUT2D eigenvalue weighted by molar-refractivity contribution is 7.92. The lowest BCUT2D eigenvalue weighted by Gasteiger charge is -2.23. The van der Waals surface area contributed by atoms with Crippen LogP contribution in [-0.4, -0.2) is 47.1 Å². The Morgan fingerprint density at radius 3 is 2.29 bits per heavy atom. The summed E-state index contributed by atoms with van der Waals surface area (Å²) in [6.45, 7) is 5.25. The van der Waals surface area contributed by atoms with E-state index >= 15 is 0 Å². The number of rotatable bonds is 9. The highest BCUT2D eigenvalue weighted by atomic mass is 32.2. The molecule has 0 atom stereocenters. The minimum absolute atomic E-state index is 0.380. The molecule has 2 rings (SSSR count). The molecular weight excluding hydrogens is 418 g/mol. The highest BCUT2D eigenvalue weighted by Crippen LogP contribution is 2.28. The van der Waals surface area contributed by atoms with E-state index < -0.39 is 15.9 Å². The normalized spacial score (nSPS) is 11.7. The van der Waals surface area contributed by atoms with Crippen LogP contribution in [0.3, 0.4) is 0 Å². The van der Waals surface area contributed by atoms with E-state index in [4.69, 9.17) is 9.47 Å². The first-order chi connectivity index (χ1) is 14.6. The number of ether oxygens (including phenoxy) is 2. The first kappa shape index (κ1) is 24.2. The van der Waals surface area contributed by atoms with E-state index in [9.17, 15) is 13.2 Å². The maximum absolute atomic E-state index is 12.6. The van der Waals surface area contributed by atoms with Crippen LogP contribution in [0.1, 0.15) is 30.0 Å². The number of amides is 1. The van der Waals surface area contributed by atoms with Gasteiger partial charge in [-0.05, 0) is 50.1 Å². The molecule has 0 aliphatic heterocycles. The second kappa shape index (κ2) is 10.3. The van der Waals surface area contributed by atoms with Gasteiger partial charge in [-0.2, -0.15) is 5.10 Å². The van der Waals surface area contributed by atoms with Crippen LogP contribution in [0, 0.1) is 13.8 Å². The standard InChI is InChI=1S/C22H29N3O5S/c1-7-18(17-9-11-20(29-4)21(13-17)30-5)23-24-22(26)14-25(31(6,27)28)19-10-8-15(2)12-16(19)3/h8-13H,7,14H2,1-6H3,(H,24,26)/b23-18-. The second-order valence-corrected chi connectivity index (χ2v) is 8.98. The molecule has 0 bridgehead atoms. The molecule has 1 amide bonds. The van der Waals surface area contributed by atoms with Gasteiger partial charge in [0.05, 0.1) is 31.9 Å². The zero-order valence-corrected chi connectivity index (χ0v) is 19.5. The van der Waals surface area contributed by atoms with Gasteiger partial charge in [0, 0.05) is 5.56 Å². The molecule has 0 heterocycles. The predicted octanol–water partition coefficient (Wildman–Crippen LogP) is 3.02. The third kappa shape index (κ3) is 6.21. The number of sulfonamides is 1. The molecule has 9 heteroatoms. The van der Waals surface area contributed by atoms with Crippen LogP contribution < -0.4 is 19.2 Å². The van der Waals surface area contributed by atoms with E-state index in [0.29, 0.717) is 29.3 Å². The Morgan fingerprint density at radius 2 is 1.74 bits per heavy atom. The van der Waals surface area contributed by atoms with Crippen molar-refractivity contribution >= 4 is 27.3 Å². The van der Waals surface area contributed by atoms with Gasteiger partial charge in [-0.3, -0.25) is 9.10 Å². The predicted molar refractivity (Wildman–Crippen MR) is 123 cm³/mol. The van der Waals surface area contributed by atoms with Gasteiger partial charge in [-0.15, -0.1) is 0 Å². The molecule has 0 unspecified atom stereocenters. The number of aryl methyl sites for hydroxylation is 2. The molecule has 0 saturated heterocycles. The molecule has 0 fully saturated rings. The van der Waals surface area contributed by atoms with Gasteiger partial charge in [0.15, 0.2) is 11.5 Å². The van der Waals surface area contributed by atoms with Crippen molar-refractivity contribution in [2.45, 2.75) is 27.2 Å². The number of carbonyl (C=O) groups excluding carboxylic acids is 1. The molecular formula is C22H29N3O5S. The van der Waals surface area contributed by atoms with Crippen molar-refractivity contribution in [3.8, 4) is 11.5 Å². The molecule has 0 aliphatic rings. The molecule has 2 aromatic rings. The van der Waals surface area contributed by atoms with Gasteiger partial charge in [0.25, 0.3) is 5.91 Å². The van der Waals surface area contributed by atoms with Crippen molar-refractivity contribution < 1.29 is 22.7 Å². The summed E-state index contributed by atoms with van der Waals surface area (Å²) in [7, 11) is -0.576. The summed E-state index contributed by atoms with van der Waals surface area (Å²) in [4.78, 5) is 12.6. The van der Waals surface area contributed by atoms with Crippen LogP contribution in [0.5, 0.6) is 11.5 Å². The molecule has 8 nitrogen and oxygen atoms in total. The van der Waals surface area contributed by atoms with E-state index in [1.54, 1.807) is 32.4 Å². The smallest absolute Gasteiger partial charge is 0.260 e. The molecule has 0 aromatic heterocycles. The Hall–Kier alpha value is -3.07.